The van der Waals surface area contributed by atoms with Gasteiger partial charge in [-0.05, 0) is 12.5 Å². The molecule has 0 bridgehead atoms. The van der Waals surface area contributed by atoms with E-state index < -0.39 is 5.56 Å². The summed E-state index contributed by atoms with van der Waals surface area (Å²) in [5.74, 6) is 0. The SMILES string of the molecule is CCOCCn1nc(-c2ccccc2)c(-c2ccccc2)c(C#N)c1=O. The van der Waals surface area contributed by atoms with Gasteiger partial charge in [-0.1, -0.05) is 60.7 Å². The minimum Gasteiger partial charge on any atom is -0.380 e. The number of nitriles is 1. The molecular weight excluding hydrogens is 326 g/mol. The second-order valence-electron chi connectivity index (χ2n) is 5.67. The summed E-state index contributed by atoms with van der Waals surface area (Å²) >= 11 is 0. The molecule has 2 aromatic carbocycles. The molecule has 0 N–H and O–H groups in total. The fraction of sp³-hybridized carbons (Fsp3) is 0.190. The van der Waals surface area contributed by atoms with E-state index in [2.05, 4.69) is 11.2 Å². The predicted octanol–water partition coefficient (Wildman–Crippen LogP) is 3.49. The Morgan fingerprint density at radius 1 is 1.04 bits per heavy atom. The first kappa shape index (κ1) is 17.6. The highest BCUT2D eigenvalue weighted by Gasteiger charge is 2.19. The zero-order valence-corrected chi connectivity index (χ0v) is 14.6. The predicted molar refractivity (Wildman–Crippen MR) is 101 cm³/mol. The first-order valence-electron chi connectivity index (χ1n) is 8.50. The Labute approximate surface area is 152 Å². The van der Waals surface area contributed by atoms with Crippen LogP contribution in [0.15, 0.2) is 65.5 Å². The molecule has 0 aliphatic rings. The van der Waals surface area contributed by atoms with E-state index >= 15 is 0 Å². The molecular formula is C21H19N3O2. The van der Waals surface area contributed by atoms with Crippen LogP contribution in [0.25, 0.3) is 22.4 Å². The molecule has 26 heavy (non-hydrogen) atoms. The summed E-state index contributed by atoms with van der Waals surface area (Å²) in [6.07, 6.45) is 0. The zero-order chi connectivity index (χ0) is 18.4. The summed E-state index contributed by atoms with van der Waals surface area (Å²) in [5, 5.41) is 14.3. The van der Waals surface area contributed by atoms with Crippen LogP contribution in [0.4, 0.5) is 0 Å². The smallest absolute Gasteiger partial charge is 0.285 e. The molecule has 0 saturated carbocycles. The van der Waals surface area contributed by atoms with Crippen molar-refractivity contribution in [2.75, 3.05) is 13.2 Å². The fourth-order valence-electron chi connectivity index (χ4n) is 2.81. The van der Waals surface area contributed by atoms with Crippen LogP contribution in [0.1, 0.15) is 12.5 Å². The average molecular weight is 345 g/mol. The zero-order valence-electron chi connectivity index (χ0n) is 14.6. The number of aromatic nitrogens is 2. The second kappa shape index (κ2) is 8.24. The van der Waals surface area contributed by atoms with E-state index in [1.807, 2.05) is 67.6 Å². The van der Waals surface area contributed by atoms with Crippen LogP contribution in [-0.2, 0) is 11.3 Å². The van der Waals surface area contributed by atoms with Crippen molar-refractivity contribution in [3.05, 3.63) is 76.6 Å². The van der Waals surface area contributed by atoms with Crippen LogP contribution >= 0.6 is 0 Å². The summed E-state index contributed by atoms with van der Waals surface area (Å²) in [4.78, 5) is 12.8. The van der Waals surface area contributed by atoms with Gasteiger partial charge in [-0.15, -0.1) is 0 Å². The standard InChI is InChI=1S/C21H19N3O2/c1-2-26-14-13-24-21(25)18(15-22)19(16-9-5-3-6-10-16)20(23-24)17-11-7-4-8-12-17/h3-12H,2,13-14H2,1H3. The highest BCUT2D eigenvalue weighted by molar-refractivity contribution is 5.84. The summed E-state index contributed by atoms with van der Waals surface area (Å²) < 4.78 is 6.67. The molecule has 0 amide bonds. The average Bonchev–Trinajstić information content (AvgIpc) is 2.70. The van der Waals surface area contributed by atoms with Gasteiger partial charge < -0.3 is 4.74 Å². The van der Waals surface area contributed by atoms with E-state index in [1.165, 1.54) is 4.68 Å². The number of benzene rings is 2. The number of hydrogen-bond acceptors (Lipinski definition) is 4. The van der Waals surface area contributed by atoms with Gasteiger partial charge in [0.2, 0.25) is 0 Å². The minimum atomic E-state index is -0.397. The minimum absolute atomic E-state index is 0.0987. The monoisotopic (exact) mass is 345 g/mol. The Hall–Kier alpha value is -3.23. The Morgan fingerprint density at radius 2 is 1.65 bits per heavy atom. The molecule has 0 spiro atoms. The molecule has 0 fully saturated rings. The fourth-order valence-corrected chi connectivity index (χ4v) is 2.81. The molecule has 130 valence electrons. The van der Waals surface area contributed by atoms with Crippen LogP contribution in [0.2, 0.25) is 0 Å². The third-order valence-electron chi connectivity index (χ3n) is 4.03. The van der Waals surface area contributed by atoms with Crippen LogP contribution in [0, 0.1) is 11.3 Å². The molecule has 3 rings (SSSR count). The lowest BCUT2D eigenvalue weighted by Gasteiger charge is -2.14. The molecule has 3 aromatic rings. The van der Waals surface area contributed by atoms with Crippen molar-refractivity contribution in [2.24, 2.45) is 0 Å². The summed E-state index contributed by atoms with van der Waals surface area (Å²) in [6, 6.07) is 21.1. The first-order valence-corrected chi connectivity index (χ1v) is 8.50. The third kappa shape index (κ3) is 3.56. The van der Waals surface area contributed by atoms with Crippen LogP contribution in [-0.4, -0.2) is 23.0 Å². The first-order chi connectivity index (χ1) is 12.8. The van der Waals surface area contributed by atoms with Crippen molar-refractivity contribution < 1.29 is 4.74 Å². The van der Waals surface area contributed by atoms with Gasteiger partial charge >= 0.3 is 0 Å². The number of nitrogens with zero attached hydrogens (tertiary/aromatic N) is 3. The van der Waals surface area contributed by atoms with Crippen molar-refractivity contribution >= 4 is 0 Å². The van der Waals surface area contributed by atoms with Crippen molar-refractivity contribution in [2.45, 2.75) is 13.5 Å². The Bertz CT molecular complexity index is 974. The van der Waals surface area contributed by atoms with Gasteiger partial charge in [0, 0.05) is 17.7 Å². The van der Waals surface area contributed by atoms with Crippen molar-refractivity contribution in [1.29, 1.82) is 5.26 Å². The summed E-state index contributed by atoms with van der Waals surface area (Å²) in [6.45, 7) is 3.13. The summed E-state index contributed by atoms with van der Waals surface area (Å²) in [5.41, 5.74) is 2.53. The Morgan fingerprint density at radius 3 is 2.23 bits per heavy atom. The lowest BCUT2D eigenvalue weighted by atomic mass is 9.96. The van der Waals surface area contributed by atoms with E-state index in [-0.39, 0.29) is 5.56 Å². The van der Waals surface area contributed by atoms with Crippen LogP contribution in [0.3, 0.4) is 0 Å². The van der Waals surface area contributed by atoms with E-state index in [1.54, 1.807) is 0 Å². The molecule has 0 aliphatic carbocycles. The van der Waals surface area contributed by atoms with E-state index in [0.717, 1.165) is 11.1 Å². The Balaban J connectivity index is 2.26. The number of rotatable bonds is 6. The highest BCUT2D eigenvalue weighted by atomic mass is 16.5. The van der Waals surface area contributed by atoms with Crippen LogP contribution < -0.4 is 5.56 Å². The lowest BCUT2D eigenvalue weighted by Crippen LogP contribution is -2.28. The third-order valence-corrected chi connectivity index (χ3v) is 4.03. The van der Waals surface area contributed by atoms with Gasteiger partial charge in [0.25, 0.3) is 5.56 Å². The molecule has 5 nitrogen and oxygen atoms in total. The summed E-state index contributed by atoms with van der Waals surface area (Å²) in [7, 11) is 0. The van der Waals surface area contributed by atoms with E-state index in [9.17, 15) is 10.1 Å². The topological polar surface area (TPSA) is 67.9 Å². The number of hydrogen-bond donors (Lipinski definition) is 0. The van der Waals surface area contributed by atoms with Gasteiger partial charge in [0.1, 0.15) is 17.3 Å². The van der Waals surface area contributed by atoms with E-state index in [4.69, 9.17) is 4.74 Å². The quantitative estimate of drug-likeness (QED) is 0.641. The second-order valence-corrected chi connectivity index (χ2v) is 5.67. The van der Waals surface area contributed by atoms with Gasteiger partial charge in [0.15, 0.2) is 0 Å². The molecule has 0 saturated heterocycles. The lowest BCUT2D eigenvalue weighted by molar-refractivity contribution is 0.135. The molecule has 0 unspecified atom stereocenters. The normalized spacial score (nSPS) is 10.5. The van der Waals surface area contributed by atoms with Crippen molar-refractivity contribution in [1.82, 2.24) is 9.78 Å². The molecule has 5 heteroatoms. The molecule has 0 aliphatic heterocycles. The van der Waals surface area contributed by atoms with Gasteiger partial charge in [-0.3, -0.25) is 4.79 Å². The van der Waals surface area contributed by atoms with E-state index in [0.29, 0.717) is 31.0 Å². The number of ether oxygens (including phenoxy) is 1. The van der Waals surface area contributed by atoms with Crippen molar-refractivity contribution in [3.63, 3.8) is 0 Å². The van der Waals surface area contributed by atoms with Crippen molar-refractivity contribution in [3.8, 4) is 28.5 Å². The molecule has 1 heterocycles. The maximum absolute atomic E-state index is 12.8. The maximum Gasteiger partial charge on any atom is 0.285 e. The molecule has 1 aromatic heterocycles. The van der Waals surface area contributed by atoms with Gasteiger partial charge in [-0.25, -0.2) is 4.68 Å². The highest BCUT2D eigenvalue weighted by Crippen LogP contribution is 2.31. The Kier molecular flexibility index (Phi) is 5.57. The van der Waals surface area contributed by atoms with Gasteiger partial charge in [0.05, 0.1) is 13.2 Å². The molecule has 0 radical (unpaired) electrons. The maximum atomic E-state index is 12.8. The molecule has 0 atom stereocenters. The van der Waals surface area contributed by atoms with Gasteiger partial charge in [-0.2, -0.15) is 10.4 Å². The largest absolute Gasteiger partial charge is 0.380 e. The van der Waals surface area contributed by atoms with Crippen LogP contribution in [0.5, 0.6) is 0 Å².